The fourth-order valence-electron chi connectivity index (χ4n) is 4.30. The standard InChI is InChI=1S/C32H25ClFN3O4/c1-18-6-10-21(11-7-18)31-36-29(37-41-31)25-13-9-20(14-27(25)34)15-28(32(39)40)35-30(38)24-5-3-4-22(16-24)23-12-8-19(2)26(33)17-23/h3-14,16-17,28H,15H2,1-2H3,(H,35,38)(H,39,40). The van der Waals surface area contributed by atoms with Crippen LogP contribution in [0.5, 0.6) is 0 Å². The van der Waals surface area contributed by atoms with E-state index in [0.29, 0.717) is 16.1 Å². The van der Waals surface area contributed by atoms with Crippen molar-refractivity contribution in [2.24, 2.45) is 0 Å². The number of benzene rings is 4. The molecule has 1 unspecified atom stereocenters. The molecular weight excluding hydrogens is 545 g/mol. The summed E-state index contributed by atoms with van der Waals surface area (Å²) in [6, 6.07) is 22.8. The first-order valence-corrected chi connectivity index (χ1v) is 13.2. The van der Waals surface area contributed by atoms with Crippen molar-refractivity contribution < 1.29 is 23.6 Å². The van der Waals surface area contributed by atoms with E-state index in [2.05, 4.69) is 15.5 Å². The molecule has 1 heterocycles. The van der Waals surface area contributed by atoms with Gasteiger partial charge in [0.1, 0.15) is 11.9 Å². The molecule has 0 aliphatic heterocycles. The molecule has 1 aromatic heterocycles. The van der Waals surface area contributed by atoms with Crippen molar-refractivity contribution in [2.75, 3.05) is 0 Å². The third kappa shape index (κ3) is 6.34. The lowest BCUT2D eigenvalue weighted by atomic mass is 10.0. The number of carbonyl (C=O) groups excluding carboxylic acids is 1. The van der Waals surface area contributed by atoms with Crippen LogP contribution in [0.4, 0.5) is 4.39 Å². The second kappa shape index (κ2) is 11.7. The van der Waals surface area contributed by atoms with Crippen LogP contribution in [0.25, 0.3) is 34.0 Å². The van der Waals surface area contributed by atoms with Crippen LogP contribution < -0.4 is 5.32 Å². The van der Waals surface area contributed by atoms with Crippen LogP contribution in [0.2, 0.25) is 5.02 Å². The minimum atomic E-state index is -1.29. The molecule has 1 atom stereocenters. The van der Waals surface area contributed by atoms with Gasteiger partial charge in [0, 0.05) is 22.6 Å². The van der Waals surface area contributed by atoms with Gasteiger partial charge in [-0.05, 0) is 78.6 Å². The Labute approximate surface area is 240 Å². The number of nitrogens with zero attached hydrogens (tertiary/aromatic N) is 2. The first-order valence-electron chi connectivity index (χ1n) is 12.8. The van der Waals surface area contributed by atoms with Gasteiger partial charge in [-0.3, -0.25) is 4.79 Å². The molecule has 0 aliphatic rings. The summed E-state index contributed by atoms with van der Waals surface area (Å²) in [6.45, 7) is 3.86. The van der Waals surface area contributed by atoms with Crippen LogP contribution in [-0.4, -0.2) is 33.2 Å². The molecule has 0 aliphatic carbocycles. The number of aryl methyl sites for hydroxylation is 2. The highest BCUT2D eigenvalue weighted by Gasteiger charge is 2.23. The van der Waals surface area contributed by atoms with Crippen molar-refractivity contribution in [2.45, 2.75) is 26.3 Å². The van der Waals surface area contributed by atoms with Gasteiger partial charge in [-0.15, -0.1) is 0 Å². The van der Waals surface area contributed by atoms with Gasteiger partial charge >= 0.3 is 5.97 Å². The van der Waals surface area contributed by atoms with Crippen LogP contribution in [0, 0.1) is 19.7 Å². The maximum absolute atomic E-state index is 15.1. The van der Waals surface area contributed by atoms with Gasteiger partial charge in [0.2, 0.25) is 5.82 Å². The van der Waals surface area contributed by atoms with Gasteiger partial charge in [-0.25, -0.2) is 9.18 Å². The normalized spacial score (nSPS) is 11.7. The van der Waals surface area contributed by atoms with E-state index in [1.807, 2.05) is 62.4 Å². The number of carbonyl (C=O) groups is 2. The van der Waals surface area contributed by atoms with Gasteiger partial charge in [-0.2, -0.15) is 4.98 Å². The van der Waals surface area contributed by atoms with Gasteiger partial charge < -0.3 is 14.9 Å². The number of halogens is 2. The van der Waals surface area contributed by atoms with Crippen LogP contribution in [0.1, 0.15) is 27.0 Å². The Kier molecular flexibility index (Phi) is 7.94. The van der Waals surface area contributed by atoms with Crippen LogP contribution in [0.3, 0.4) is 0 Å². The smallest absolute Gasteiger partial charge is 0.326 e. The molecular formula is C32H25ClFN3O4. The van der Waals surface area contributed by atoms with E-state index in [1.165, 1.54) is 12.1 Å². The van der Waals surface area contributed by atoms with E-state index >= 15 is 4.39 Å². The fourth-order valence-corrected chi connectivity index (χ4v) is 4.48. The minimum Gasteiger partial charge on any atom is -0.480 e. The zero-order chi connectivity index (χ0) is 29.1. The molecule has 0 fully saturated rings. The summed E-state index contributed by atoms with van der Waals surface area (Å²) in [6.07, 6.45) is -0.133. The first-order chi connectivity index (χ1) is 19.7. The van der Waals surface area contributed by atoms with Gasteiger partial charge in [0.05, 0.1) is 5.56 Å². The predicted octanol–water partition coefficient (Wildman–Crippen LogP) is 6.91. The molecule has 0 bridgehead atoms. The quantitative estimate of drug-likeness (QED) is 0.210. The Morgan fingerprint density at radius 2 is 1.68 bits per heavy atom. The summed E-state index contributed by atoms with van der Waals surface area (Å²) in [5.41, 5.74) is 5.08. The van der Waals surface area contributed by atoms with Gasteiger partial charge in [-0.1, -0.05) is 64.8 Å². The van der Waals surface area contributed by atoms with E-state index in [0.717, 1.165) is 22.3 Å². The molecule has 7 nitrogen and oxygen atoms in total. The maximum Gasteiger partial charge on any atom is 0.326 e. The lowest BCUT2D eigenvalue weighted by Crippen LogP contribution is -2.42. The molecule has 5 aromatic rings. The number of carboxylic acid groups (broad SMARTS) is 1. The number of aromatic nitrogens is 2. The number of nitrogens with one attached hydrogen (secondary N) is 1. The highest BCUT2D eigenvalue weighted by molar-refractivity contribution is 6.31. The number of hydrogen-bond acceptors (Lipinski definition) is 5. The fraction of sp³-hybridized carbons (Fsp3) is 0.125. The Morgan fingerprint density at radius 1 is 0.951 bits per heavy atom. The Bertz CT molecular complexity index is 1750. The molecule has 0 spiro atoms. The summed E-state index contributed by atoms with van der Waals surface area (Å²) in [7, 11) is 0. The summed E-state index contributed by atoms with van der Waals surface area (Å²) in [5.74, 6) is -2.12. The summed E-state index contributed by atoms with van der Waals surface area (Å²) in [4.78, 5) is 29.3. The average Bonchev–Trinajstić information content (AvgIpc) is 3.44. The van der Waals surface area contributed by atoms with Crippen molar-refractivity contribution in [3.8, 4) is 34.0 Å². The third-order valence-corrected chi connectivity index (χ3v) is 7.08. The topological polar surface area (TPSA) is 105 Å². The van der Waals surface area contributed by atoms with E-state index < -0.39 is 23.7 Å². The van der Waals surface area contributed by atoms with E-state index in [1.54, 1.807) is 24.3 Å². The second-order valence-corrected chi connectivity index (χ2v) is 10.1. The molecule has 41 heavy (non-hydrogen) atoms. The molecule has 9 heteroatoms. The van der Waals surface area contributed by atoms with Crippen molar-refractivity contribution in [1.82, 2.24) is 15.5 Å². The highest BCUT2D eigenvalue weighted by Crippen LogP contribution is 2.27. The molecule has 206 valence electrons. The first kappa shape index (κ1) is 27.7. The Hall–Kier alpha value is -4.82. The Balaban J connectivity index is 1.30. The summed E-state index contributed by atoms with van der Waals surface area (Å²) >= 11 is 6.25. The van der Waals surface area contributed by atoms with Crippen molar-refractivity contribution in [3.05, 3.63) is 118 Å². The summed E-state index contributed by atoms with van der Waals surface area (Å²) < 4.78 is 20.4. The van der Waals surface area contributed by atoms with Crippen molar-refractivity contribution in [1.29, 1.82) is 0 Å². The van der Waals surface area contributed by atoms with Gasteiger partial charge in [0.25, 0.3) is 11.8 Å². The summed E-state index contributed by atoms with van der Waals surface area (Å²) in [5, 5.41) is 16.8. The zero-order valence-electron chi connectivity index (χ0n) is 22.2. The molecule has 2 N–H and O–H groups in total. The largest absolute Gasteiger partial charge is 0.480 e. The van der Waals surface area contributed by atoms with Crippen molar-refractivity contribution >= 4 is 23.5 Å². The number of amides is 1. The van der Waals surface area contributed by atoms with Crippen LogP contribution >= 0.6 is 11.6 Å². The number of aliphatic carboxylic acids is 1. The lowest BCUT2D eigenvalue weighted by molar-refractivity contribution is -0.139. The Morgan fingerprint density at radius 3 is 2.39 bits per heavy atom. The lowest BCUT2D eigenvalue weighted by Gasteiger charge is -2.15. The third-order valence-electron chi connectivity index (χ3n) is 6.67. The van der Waals surface area contributed by atoms with Crippen LogP contribution in [0.15, 0.2) is 89.5 Å². The molecule has 0 radical (unpaired) electrons. The van der Waals surface area contributed by atoms with Crippen LogP contribution in [-0.2, 0) is 11.2 Å². The van der Waals surface area contributed by atoms with Gasteiger partial charge in [0.15, 0.2) is 0 Å². The number of rotatable bonds is 8. The monoisotopic (exact) mass is 569 g/mol. The van der Waals surface area contributed by atoms with E-state index in [4.69, 9.17) is 16.1 Å². The SMILES string of the molecule is Cc1ccc(-c2nc(-c3ccc(CC(NC(=O)c4cccc(-c5ccc(C)c(Cl)c5)c4)C(=O)O)cc3F)no2)cc1. The van der Waals surface area contributed by atoms with E-state index in [9.17, 15) is 14.7 Å². The molecule has 0 saturated carbocycles. The molecule has 0 saturated heterocycles. The molecule has 4 aromatic carbocycles. The second-order valence-electron chi connectivity index (χ2n) is 9.72. The van der Waals surface area contributed by atoms with Crippen molar-refractivity contribution in [3.63, 3.8) is 0 Å². The maximum atomic E-state index is 15.1. The minimum absolute atomic E-state index is 0.0717. The molecule has 1 amide bonds. The highest BCUT2D eigenvalue weighted by atomic mass is 35.5. The predicted molar refractivity (Wildman–Crippen MR) is 154 cm³/mol. The number of hydrogen-bond donors (Lipinski definition) is 2. The average molecular weight is 570 g/mol. The van der Waals surface area contributed by atoms with E-state index in [-0.39, 0.29) is 29.3 Å². The zero-order valence-corrected chi connectivity index (χ0v) is 22.9. The molecule has 5 rings (SSSR count). The number of carboxylic acids is 1.